The van der Waals surface area contributed by atoms with Gasteiger partial charge in [0.25, 0.3) is 11.8 Å². The maximum absolute atomic E-state index is 15.1. The van der Waals surface area contributed by atoms with Crippen LogP contribution in [-0.2, 0) is 54.3 Å². The molecule has 2 heterocycles. The van der Waals surface area contributed by atoms with Gasteiger partial charge in [0.05, 0.1) is 63.1 Å². The Labute approximate surface area is 474 Å². The zero-order valence-corrected chi connectivity index (χ0v) is 46.8. The highest BCUT2D eigenvalue weighted by atomic mass is 19.1. The molecule has 4 atom stereocenters. The second-order valence-corrected chi connectivity index (χ2v) is 20.7. The molecule has 0 aliphatic carbocycles. The van der Waals surface area contributed by atoms with Crippen molar-refractivity contribution < 1.29 is 66.5 Å². The number of carbonyl (C=O) groups excluding carboxylic acids is 8. The predicted molar refractivity (Wildman–Crippen MR) is 299 cm³/mol. The molecule has 25 heteroatoms. The van der Waals surface area contributed by atoms with Crippen molar-refractivity contribution in [3.8, 4) is 11.3 Å². The van der Waals surface area contributed by atoms with E-state index in [1.54, 1.807) is 24.6 Å². The number of aromatic nitrogens is 2. The first kappa shape index (κ1) is 64.8. The lowest BCUT2D eigenvalue weighted by Crippen LogP contribution is -2.54. The number of nitrogens with one attached hydrogen (secondary N) is 5. The first-order chi connectivity index (χ1) is 39.1. The number of imide groups is 1. The van der Waals surface area contributed by atoms with Gasteiger partial charge in [-0.2, -0.15) is 0 Å². The van der Waals surface area contributed by atoms with Crippen LogP contribution in [0.15, 0.2) is 91.1 Å². The molecule has 23 nitrogen and oxygen atoms in total. The molecular formula is C57H75F2N11O12. The number of imidazole rings is 1. The minimum Gasteiger partial charge on any atom is -0.387 e. The third kappa shape index (κ3) is 19.9. The molecule has 82 heavy (non-hydrogen) atoms. The van der Waals surface area contributed by atoms with Crippen molar-refractivity contribution in [1.82, 2.24) is 35.7 Å². The summed E-state index contributed by atoms with van der Waals surface area (Å²) in [5.74, 6) is -5.19. The molecule has 9 amide bonds. The van der Waals surface area contributed by atoms with E-state index in [-0.39, 0.29) is 109 Å². The summed E-state index contributed by atoms with van der Waals surface area (Å²) in [6.07, 6.45) is 4.18. The number of ether oxygens (including phenoxy) is 3. The highest BCUT2D eigenvalue weighted by Crippen LogP contribution is 2.40. The fourth-order valence-corrected chi connectivity index (χ4v) is 8.76. The molecule has 10 N–H and O–H groups in total. The first-order valence-electron chi connectivity index (χ1n) is 26.9. The van der Waals surface area contributed by atoms with Crippen LogP contribution in [0.1, 0.15) is 77.7 Å². The van der Waals surface area contributed by atoms with Crippen LogP contribution in [-0.4, -0.2) is 151 Å². The van der Waals surface area contributed by atoms with E-state index >= 15 is 4.39 Å². The molecule has 0 fully saturated rings. The topological polar surface area (TPSA) is 321 Å². The van der Waals surface area contributed by atoms with Crippen LogP contribution in [0.4, 0.5) is 25.0 Å². The molecule has 1 aliphatic rings. The summed E-state index contributed by atoms with van der Waals surface area (Å²) < 4.78 is 47.9. The number of carbonyl (C=O) groups is 8. The van der Waals surface area contributed by atoms with Gasteiger partial charge in [-0.3, -0.25) is 33.6 Å². The smallest absolute Gasteiger partial charge is 0.312 e. The first-order valence-corrected chi connectivity index (χ1v) is 26.9. The van der Waals surface area contributed by atoms with Gasteiger partial charge in [0, 0.05) is 62.2 Å². The average Bonchev–Trinajstić information content (AvgIpc) is 3.31. The van der Waals surface area contributed by atoms with Gasteiger partial charge in [-0.15, -0.1) is 0 Å². The van der Waals surface area contributed by atoms with E-state index in [9.17, 15) is 47.9 Å². The van der Waals surface area contributed by atoms with E-state index in [1.165, 1.54) is 29.2 Å². The molecule has 0 saturated carbocycles. The molecule has 0 saturated heterocycles. The second-order valence-electron chi connectivity index (χ2n) is 20.7. The van der Waals surface area contributed by atoms with Gasteiger partial charge in [0.15, 0.2) is 0 Å². The molecule has 4 aromatic rings. The van der Waals surface area contributed by atoms with Crippen molar-refractivity contribution in [3.63, 3.8) is 0 Å². The van der Waals surface area contributed by atoms with Gasteiger partial charge in [0.1, 0.15) is 36.1 Å². The van der Waals surface area contributed by atoms with E-state index < -0.39 is 95.2 Å². The summed E-state index contributed by atoms with van der Waals surface area (Å²) in [4.78, 5) is 109. The lowest BCUT2D eigenvalue weighted by atomic mass is 9.84. The highest BCUT2D eigenvalue weighted by molar-refractivity contribution is 6.28. The van der Waals surface area contributed by atoms with Gasteiger partial charge in [-0.1, -0.05) is 65.0 Å². The van der Waals surface area contributed by atoms with Crippen LogP contribution < -0.4 is 43.0 Å². The molecule has 0 radical (unpaired) electrons. The summed E-state index contributed by atoms with van der Waals surface area (Å²) in [5.41, 5.74) is 12.4. The van der Waals surface area contributed by atoms with E-state index in [2.05, 4.69) is 26.6 Å². The lowest BCUT2D eigenvalue weighted by molar-refractivity contribution is -0.140. The zero-order valence-electron chi connectivity index (χ0n) is 46.8. The monoisotopic (exact) mass is 1140 g/mol. The summed E-state index contributed by atoms with van der Waals surface area (Å²) in [7, 11) is 0. The van der Waals surface area contributed by atoms with Crippen molar-refractivity contribution in [2.75, 3.05) is 76.1 Å². The Morgan fingerprint density at radius 3 is 2.05 bits per heavy atom. The summed E-state index contributed by atoms with van der Waals surface area (Å²) in [5, 5.41) is 23.4. The van der Waals surface area contributed by atoms with Crippen molar-refractivity contribution in [2.24, 2.45) is 22.8 Å². The molecule has 3 aromatic carbocycles. The van der Waals surface area contributed by atoms with E-state index in [0.29, 0.717) is 17.2 Å². The van der Waals surface area contributed by atoms with Crippen LogP contribution in [0, 0.1) is 23.0 Å². The quantitative estimate of drug-likeness (QED) is 0.0251. The van der Waals surface area contributed by atoms with Crippen LogP contribution in [0.3, 0.4) is 0 Å². The summed E-state index contributed by atoms with van der Waals surface area (Å²) in [6.45, 7) is 9.58. The van der Waals surface area contributed by atoms with E-state index in [0.717, 1.165) is 40.8 Å². The van der Waals surface area contributed by atoms with Crippen LogP contribution in [0.5, 0.6) is 0 Å². The third-order valence-electron chi connectivity index (χ3n) is 12.9. The molecule has 5 rings (SSSR count). The molecule has 1 unspecified atom stereocenters. The maximum atomic E-state index is 15.1. The minimum absolute atomic E-state index is 0.00457. The fourth-order valence-electron chi connectivity index (χ4n) is 8.76. The Morgan fingerprint density at radius 2 is 1.43 bits per heavy atom. The van der Waals surface area contributed by atoms with Crippen molar-refractivity contribution in [2.45, 2.75) is 91.0 Å². The standard InChI is InChI=1S/C57H75F2N11O12/c1-36(2)50(55(78)66-44(12-9-23-63-56(61)79)54(77)64-39-14-16-40(17-15-39)70-47(73)19-20-48(70)74)67-46(72)22-26-80-28-30-82-31-29-81-27-24-62-53(76)43(60)21-25-69(49(75)35-71)51(57(3,4)5)52-65-45(41-32-38(58)13-18-42(41)59)34-68(52)33-37-10-7-6-8-11-37/h6-8,10-11,13-20,32,34,36,43-44,50-51,71H,9,12,21-31,33,35,60H2,1-5H3,(H,62,76)(H,64,77)(H,66,78)(H,67,72)(H3,61,63,79)/t43-,44?,50-,51-/m0/s1. The second kappa shape index (κ2) is 31.9. The number of rotatable bonds is 33. The van der Waals surface area contributed by atoms with E-state index in [1.807, 2.05) is 51.1 Å². The number of halogens is 2. The Morgan fingerprint density at radius 1 is 0.780 bits per heavy atom. The van der Waals surface area contributed by atoms with Crippen LogP contribution >= 0.6 is 0 Å². The zero-order chi connectivity index (χ0) is 59.9. The van der Waals surface area contributed by atoms with Gasteiger partial charge < -0.3 is 66.8 Å². The van der Waals surface area contributed by atoms with Gasteiger partial charge >= 0.3 is 6.03 Å². The Kier molecular flexibility index (Phi) is 25.2. The molecular weight excluding hydrogens is 1070 g/mol. The Bertz CT molecular complexity index is 2830. The normalized spacial score (nSPS) is 13.8. The summed E-state index contributed by atoms with van der Waals surface area (Å²) in [6, 6.07) is 13.7. The highest BCUT2D eigenvalue weighted by Gasteiger charge is 2.39. The fraction of sp³-hybridized carbons (Fsp3) is 0.456. The molecule has 0 spiro atoms. The largest absolute Gasteiger partial charge is 0.387 e. The third-order valence-corrected chi connectivity index (χ3v) is 12.9. The van der Waals surface area contributed by atoms with Crippen molar-refractivity contribution >= 4 is 58.8 Å². The number of primary amides is 1. The number of aliphatic hydroxyl groups is 1. The van der Waals surface area contributed by atoms with Crippen LogP contribution in [0.25, 0.3) is 11.3 Å². The van der Waals surface area contributed by atoms with Crippen molar-refractivity contribution in [3.05, 3.63) is 114 Å². The number of urea groups is 1. The van der Waals surface area contributed by atoms with Crippen molar-refractivity contribution in [1.29, 1.82) is 0 Å². The molecule has 0 bridgehead atoms. The number of benzene rings is 3. The minimum atomic E-state index is -1.10. The number of hydrogen-bond donors (Lipinski definition) is 8. The predicted octanol–water partition coefficient (Wildman–Crippen LogP) is 3.20. The number of hydrogen-bond acceptors (Lipinski definition) is 14. The SMILES string of the molecule is CC(C)[C@H](NC(=O)CCOCCOCCOCCNC(=O)[C@@H](N)CCN(C(=O)CO)[C@@H](c1nc(-c2cc(F)ccc2F)cn1Cc1ccccc1)C(C)(C)C)C(=O)NC(CCCNC(N)=O)C(=O)Nc1ccc(N2C(=O)C=CC2=O)cc1. The maximum Gasteiger partial charge on any atom is 0.312 e. The average molecular weight is 1140 g/mol. The lowest BCUT2D eigenvalue weighted by Gasteiger charge is -2.40. The Hall–Kier alpha value is -7.97. The van der Waals surface area contributed by atoms with Gasteiger partial charge in [-0.05, 0) is 78.6 Å². The summed E-state index contributed by atoms with van der Waals surface area (Å²) >= 11 is 0. The number of amides is 9. The number of nitrogens with zero attached hydrogens (tertiary/aromatic N) is 4. The van der Waals surface area contributed by atoms with Gasteiger partial charge in [0.2, 0.25) is 29.5 Å². The molecule has 1 aromatic heterocycles. The molecule has 444 valence electrons. The van der Waals surface area contributed by atoms with Gasteiger partial charge in [-0.25, -0.2) is 23.5 Å². The van der Waals surface area contributed by atoms with Crippen LogP contribution in [0.2, 0.25) is 0 Å². The molecule has 1 aliphatic heterocycles. The number of nitrogens with two attached hydrogens (primary N) is 2. The Balaban J connectivity index is 1.01. The van der Waals surface area contributed by atoms with E-state index in [4.69, 9.17) is 30.7 Å². The number of anilines is 2. The number of aliphatic hydroxyl groups excluding tert-OH is 1.